The highest BCUT2D eigenvalue weighted by atomic mass is 35.5. The van der Waals surface area contributed by atoms with Crippen molar-refractivity contribution in [3.63, 3.8) is 0 Å². The van der Waals surface area contributed by atoms with Gasteiger partial charge in [-0.15, -0.1) is 11.8 Å². The quantitative estimate of drug-likeness (QED) is 0.273. The van der Waals surface area contributed by atoms with E-state index in [9.17, 15) is 9.59 Å². The van der Waals surface area contributed by atoms with Crippen molar-refractivity contribution in [3.05, 3.63) is 93.5 Å². The second kappa shape index (κ2) is 12.5. The summed E-state index contributed by atoms with van der Waals surface area (Å²) >= 11 is 14.9. The van der Waals surface area contributed by atoms with Crippen molar-refractivity contribution in [2.75, 3.05) is 12.4 Å². The Morgan fingerprint density at radius 1 is 1.05 bits per heavy atom. The van der Waals surface area contributed by atoms with Gasteiger partial charge in [0.15, 0.2) is 0 Å². The molecule has 0 unspecified atom stereocenters. The lowest BCUT2D eigenvalue weighted by Gasteiger charge is -2.34. The number of alkyl carbamates (subject to hydrolysis) is 1. The van der Waals surface area contributed by atoms with Gasteiger partial charge in [-0.25, -0.2) is 9.59 Å². The molecule has 1 aliphatic rings. The van der Waals surface area contributed by atoms with Gasteiger partial charge in [0.1, 0.15) is 11.6 Å². The molecule has 3 atom stereocenters. The van der Waals surface area contributed by atoms with Crippen molar-refractivity contribution in [3.8, 4) is 0 Å². The van der Waals surface area contributed by atoms with Crippen molar-refractivity contribution in [2.24, 2.45) is 0 Å². The Bertz CT molecular complexity index is 1310. The van der Waals surface area contributed by atoms with Crippen LogP contribution in [0.25, 0.3) is 0 Å². The molecule has 0 aromatic heterocycles. The predicted molar refractivity (Wildman–Crippen MR) is 158 cm³/mol. The highest BCUT2D eigenvalue weighted by Crippen LogP contribution is 2.50. The van der Waals surface area contributed by atoms with Crippen molar-refractivity contribution in [1.82, 2.24) is 5.32 Å². The van der Waals surface area contributed by atoms with Gasteiger partial charge in [-0.2, -0.15) is 0 Å². The van der Waals surface area contributed by atoms with E-state index in [-0.39, 0.29) is 17.7 Å². The summed E-state index contributed by atoms with van der Waals surface area (Å²) in [6.45, 7) is 5.30. The number of halogens is 2. The standard InChI is InChI=1S/C30H32Cl2N2O4S/c1-30(2,3)38-29(36)34-25(28(35)37-4)16-18-13-14-23-20(15-18)26(39-19-9-6-5-7-10-19)17-24(33-23)27-21(31)11-8-12-22(27)32/h5-15,24-26,33H,16-17H2,1-4H3,(H,34,36)/t24-,25-,26+/m0/s1. The maximum absolute atomic E-state index is 12.5. The zero-order chi connectivity index (χ0) is 28.2. The topological polar surface area (TPSA) is 76.7 Å². The lowest BCUT2D eigenvalue weighted by Crippen LogP contribution is -2.45. The number of thioether (sulfide) groups is 1. The van der Waals surface area contributed by atoms with Crippen LogP contribution in [0.4, 0.5) is 10.5 Å². The molecule has 1 heterocycles. The number of esters is 1. The number of rotatable bonds is 7. The molecule has 1 amide bonds. The Hall–Kier alpha value is -2.87. The summed E-state index contributed by atoms with van der Waals surface area (Å²) in [5.41, 5.74) is 3.14. The normalized spacial score (nSPS) is 17.4. The number of carbonyl (C=O) groups is 2. The molecule has 0 spiro atoms. The van der Waals surface area contributed by atoms with Crippen LogP contribution in [0.1, 0.15) is 55.2 Å². The first-order chi connectivity index (χ1) is 18.5. The van der Waals surface area contributed by atoms with Gasteiger partial charge in [0.05, 0.1) is 13.2 Å². The Morgan fingerprint density at radius 2 is 1.74 bits per heavy atom. The highest BCUT2D eigenvalue weighted by Gasteiger charge is 2.32. The van der Waals surface area contributed by atoms with E-state index in [4.69, 9.17) is 32.7 Å². The van der Waals surface area contributed by atoms with Crippen molar-refractivity contribution in [2.45, 2.75) is 61.4 Å². The zero-order valence-corrected chi connectivity index (χ0v) is 24.6. The fourth-order valence-electron chi connectivity index (χ4n) is 4.55. The van der Waals surface area contributed by atoms with Gasteiger partial charge in [0.25, 0.3) is 0 Å². The van der Waals surface area contributed by atoms with E-state index >= 15 is 0 Å². The molecule has 3 aromatic carbocycles. The van der Waals surface area contributed by atoms with Crippen molar-refractivity contribution < 1.29 is 19.1 Å². The molecule has 1 aliphatic heterocycles. The molecule has 206 valence electrons. The van der Waals surface area contributed by atoms with E-state index in [0.717, 1.165) is 33.7 Å². The molecule has 9 heteroatoms. The molecule has 39 heavy (non-hydrogen) atoms. The second-order valence-electron chi connectivity index (χ2n) is 10.3. The van der Waals surface area contributed by atoms with Crippen LogP contribution in [0.3, 0.4) is 0 Å². The first-order valence-corrected chi connectivity index (χ1v) is 14.3. The number of hydrogen-bond acceptors (Lipinski definition) is 6. The Balaban J connectivity index is 1.64. The minimum Gasteiger partial charge on any atom is -0.467 e. The van der Waals surface area contributed by atoms with Gasteiger partial charge < -0.3 is 20.1 Å². The van der Waals surface area contributed by atoms with E-state index in [0.29, 0.717) is 10.0 Å². The summed E-state index contributed by atoms with van der Waals surface area (Å²) in [5, 5.41) is 7.60. The molecular weight excluding hydrogens is 555 g/mol. The molecule has 3 aromatic rings. The van der Waals surface area contributed by atoms with E-state index < -0.39 is 23.7 Å². The summed E-state index contributed by atoms with van der Waals surface area (Å²) in [4.78, 5) is 26.1. The first kappa shape index (κ1) is 29.1. The van der Waals surface area contributed by atoms with E-state index in [1.807, 2.05) is 48.5 Å². The zero-order valence-electron chi connectivity index (χ0n) is 22.3. The first-order valence-electron chi connectivity index (χ1n) is 12.7. The SMILES string of the molecule is COC(=O)[C@H](Cc1ccc2c(c1)[C@H](Sc1ccccc1)C[C@@H](c1c(Cl)cccc1Cl)N2)NC(=O)OC(C)(C)C. The number of benzene rings is 3. The van der Waals surface area contributed by atoms with Gasteiger partial charge in [-0.1, -0.05) is 59.6 Å². The van der Waals surface area contributed by atoms with Gasteiger partial charge in [-0.3, -0.25) is 0 Å². The number of anilines is 1. The fraction of sp³-hybridized carbons (Fsp3) is 0.333. The van der Waals surface area contributed by atoms with Gasteiger partial charge in [0.2, 0.25) is 0 Å². The smallest absolute Gasteiger partial charge is 0.408 e. The molecule has 0 radical (unpaired) electrons. The minimum absolute atomic E-state index is 0.0799. The third-order valence-electron chi connectivity index (χ3n) is 6.23. The monoisotopic (exact) mass is 586 g/mol. The summed E-state index contributed by atoms with van der Waals surface area (Å²) < 4.78 is 10.3. The molecule has 4 rings (SSSR count). The summed E-state index contributed by atoms with van der Waals surface area (Å²) in [6.07, 6.45) is 0.326. The Morgan fingerprint density at radius 3 is 2.38 bits per heavy atom. The van der Waals surface area contributed by atoms with Gasteiger partial charge >= 0.3 is 12.1 Å². The molecule has 0 saturated heterocycles. The summed E-state index contributed by atoms with van der Waals surface area (Å²) in [6, 6.07) is 20.8. The molecule has 2 N–H and O–H groups in total. The average molecular weight is 588 g/mol. The van der Waals surface area contributed by atoms with Gasteiger partial charge in [0, 0.05) is 37.9 Å². The minimum atomic E-state index is -0.894. The second-order valence-corrected chi connectivity index (χ2v) is 12.4. The predicted octanol–water partition coefficient (Wildman–Crippen LogP) is 7.99. The Kier molecular flexibility index (Phi) is 9.36. The number of methoxy groups -OCH3 is 1. The van der Waals surface area contributed by atoms with Crippen LogP contribution in [0.5, 0.6) is 0 Å². The molecule has 6 nitrogen and oxygen atoms in total. The van der Waals surface area contributed by atoms with Crippen molar-refractivity contribution in [1.29, 1.82) is 0 Å². The van der Waals surface area contributed by atoms with E-state index in [1.165, 1.54) is 7.11 Å². The summed E-state index contributed by atoms with van der Waals surface area (Å²) in [7, 11) is 1.30. The number of fused-ring (bicyclic) bond motifs is 1. The van der Waals surface area contributed by atoms with Crippen LogP contribution >= 0.6 is 35.0 Å². The lowest BCUT2D eigenvalue weighted by atomic mass is 9.91. The lowest BCUT2D eigenvalue weighted by molar-refractivity contribution is -0.143. The Labute approximate surface area is 243 Å². The van der Waals surface area contributed by atoms with E-state index in [2.05, 4.69) is 28.8 Å². The summed E-state index contributed by atoms with van der Waals surface area (Å²) in [5.74, 6) is -0.541. The molecule has 0 saturated carbocycles. The van der Waals surface area contributed by atoms with Crippen LogP contribution in [0.2, 0.25) is 10.0 Å². The number of amides is 1. The van der Waals surface area contributed by atoms with Crippen LogP contribution in [0.15, 0.2) is 71.6 Å². The third-order valence-corrected chi connectivity index (χ3v) is 8.16. The number of hydrogen-bond donors (Lipinski definition) is 2. The molecule has 0 fully saturated rings. The third kappa shape index (κ3) is 7.62. The largest absolute Gasteiger partial charge is 0.467 e. The van der Waals surface area contributed by atoms with E-state index in [1.54, 1.807) is 32.5 Å². The number of ether oxygens (including phenoxy) is 2. The molecule has 0 bridgehead atoms. The molecular formula is C30H32Cl2N2O4S. The van der Waals surface area contributed by atoms with Gasteiger partial charge in [-0.05, 0) is 68.7 Å². The highest BCUT2D eigenvalue weighted by molar-refractivity contribution is 7.99. The average Bonchev–Trinajstić information content (AvgIpc) is 2.87. The van der Waals surface area contributed by atoms with Crippen LogP contribution < -0.4 is 10.6 Å². The number of carbonyl (C=O) groups excluding carboxylic acids is 2. The number of nitrogens with one attached hydrogen (secondary N) is 2. The maximum Gasteiger partial charge on any atom is 0.408 e. The molecule has 0 aliphatic carbocycles. The fourth-order valence-corrected chi connectivity index (χ4v) is 6.47. The van der Waals surface area contributed by atoms with Crippen LogP contribution in [-0.2, 0) is 20.7 Å². The maximum atomic E-state index is 12.5. The van der Waals surface area contributed by atoms with Crippen molar-refractivity contribution >= 4 is 52.7 Å². The van der Waals surface area contributed by atoms with Crippen LogP contribution in [-0.4, -0.2) is 30.8 Å². The van der Waals surface area contributed by atoms with Crippen LogP contribution in [0, 0.1) is 0 Å².